The Bertz CT molecular complexity index is 534. The second kappa shape index (κ2) is 6.36. The molecule has 0 bridgehead atoms. The summed E-state index contributed by atoms with van der Waals surface area (Å²) in [5.41, 5.74) is -0.368. The largest absolute Gasteiger partial charge is 0.384 e. The van der Waals surface area contributed by atoms with Crippen LogP contribution in [-0.4, -0.2) is 60.3 Å². The molecule has 22 heavy (non-hydrogen) atoms. The molecule has 0 aromatic carbocycles. The zero-order valence-electron chi connectivity index (χ0n) is 12.3. The van der Waals surface area contributed by atoms with E-state index in [1.54, 1.807) is 16.3 Å². The van der Waals surface area contributed by atoms with Crippen LogP contribution in [0.4, 0.5) is 0 Å². The lowest BCUT2D eigenvalue weighted by Gasteiger charge is -2.46. The molecule has 2 N–H and O–H groups in total. The quantitative estimate of drug-likeness (QED) is 0.844. The molecule has 2 fully saturated rings. The molecule has 1 unspecified atom stereocenters. The first-order valence-electron chi connectivity index (χ1n) is 7.47. The summed E-state index contributed by atoms with van der Waals surface area (Å²) in [6.45, 7) is 1.85. The van der Waals surface area contributed by atoms with Crippen molar-refractivity contribution in [3.63, 3.8) is 0 Å². The zero-order chi connectivity index (χ0) is 15.6. The van der Waals surface area contributed by atoms with Crippen LogP contribution in [0.2, 0.25) is 0 Å². The Morgan fingerprint density at radius 2 is 2.32 bits per heavy atom. The third-order valence-electron chi connectivity index (χ3n) is 4.15. The van der Waals surface area contributed by atoms with Crippen molar-refractivity contribution in [1.82, 2.24) is 10.2 Å². The molecule has 3 rings (SSSR count). The first-order valence-corrected chi connectivity index (χ1v) is 8.41. The molecule has 120 valence electrons. The van der Waals surface area contributed by atoms with Crippen molar-refractivity contribution in [3.05, 3.63) is 22.4 Å². The molecule has 0 spiro atoms. The van der Waals surface area contributed by atoms with Crippen LogP contribution in [0.15, 0.2) is 16.8 Å². The van der Waals surface area contributed by atoms with Gasteiger partial charge in [0, 0.05) is 18.5 Å². The highest BCUT2D eigenvalue weighted by molar-refractivity contribution is 7.08. The normalized spacial score (nSPS) is 23.7. The summed E-state index contributed by atoms with van der Waals surface area (Å²) in [6, 6.07) is 1.77. The number of carbonyl (C=O) groups excluding carboxylic acids is 2. The maximum atomic E-state index is 12.1. The Labute approximate surface area is 133 Å². The van der Waals surface area contributed by atoms with Crippen LogP contribution < -0.4 is 5.32 Å². The highest BCUT2D eigenvalue weighted by Gasteiger charge is 2.44. The molecular formula is C15H20N2O4S. The van der Waals surface area contributed by atoms with Crippen molar-refractivity contribution >= 4 is 23.2 Å². The molecule has 2 saturated heterocycles. The first-order chi connectivity index (χ1) is 10.6. The third kappa shape index (κ3) is 3.31. The number of β-amino-alcohol motifs (C(OH)–C–C–N with tert-alkyl or cyclic N) is 1. The Kier molecular flexibility index (Phi) is 4.46. The van der Waals surface area contributed by atoms with E-state index in [2.05, 4.69) is 5.32 Å². The number of nitrogens with one attached hydrogen (secondary N) is 1. The standard InChI is InChI=1S/C15H20N2O4S/c18-13(11-2-1-4-21-6-11)16-8-15(20)9-17(10-15)14(19)12-3-5-22-7-12/h3,5,7,11,20H,1-2,4,6,8-10H2,(H,16,18). The maximum absolute atomic E-state index is 12.1. The number of likely N-dealkylation sites (tertiary alicyclic amines) is 1. The number of hydrogen-bond donors (Lipinski definition) is 2. The van der Waals surface area contributed by atoms with Gasteiger partial charge in [-0.15, -0.1) is 0 Å². The topological polar surface area (TPSA) is 78.9 Å². The van der Waals surface area contributed by atoms with Gasteiger partial charge in [-0.2, -0.15) is 11.3 Å². The molecule has 0 radical (unpaired) electrons. The van der Waals surface area contributed by atoms with Crippen LogP contribution in [0.3, 0.4) is 0 Å². The van der Waals surface area contributed by atoms with E-state index in [0.29, 0.717) is 18.8 Å². The Morgan fingerprint density at radius 3 is 2.95 bits per heavy atom. The molecule has 2 aliphatic rings. The summed E-state index contributed by atoms with van der Waals surface area (Å²) in [5, 5.41) is 16.8. The van der Waals surface area contributed by atoms with Gasteiger partial charge in [0.1, 0.15) is 5.60 Å². The van der Waals surface area contributed by atoms with Gasteiger partial charge in [0.15, 0.2) is 0 Å². The summed E-state index contributed by atoms with van der Waals surface area (Å²) in [5.74, 6) is -0.269. The molecule has 2 aliphatic heterocycles. The minimum Gasteiger partial charge on any atom is -0.384 e. The van der Waals surface area contributed by atoms with Crippen LogP contribution in [0, 0.1) is 5.92 Å². The minimum atomic E-state index is -1.02. The molecule has 3 heterocycles. The molecule has 7 heteroatoms. The number of thiophene rings is 1. The predicted molar refractivity (Wildman–Crippen MR) is 81.7 cm³/mol. The number of nitrogens with zero attached hydrogens (tertiary/aromatic N) is 1. The Hall–Kier alpha value is -1.44. The average molecular weight is 324 g/mol. The van der Waals surface area contributed by atoms with E-state index in [1.165, 1.54) is 11.3 Å². The van der Waals surface area contributed by atoms with Crippen molar-refractivity contribution in [1.29, 1.82) is 0 Å². The number of hydrogen-bond acceptors (Lipinski definition) is 5. The number of carbonyl (C=O) groups is 2. The molecule has 1 aromatic heterocycles. The highest BCUT2D eigenvalue weighted by atomic mass is 32.1. The SMILES string of the molecule is O=C(NCC1(O)CN(C(=O)c2ccsc2)C1)C1CCCOC1. The fraction of sp³-hybridized carbons (Fsp3) is 0.600. The second-order valence-electron chi connectivity index (χ2n) is 6.03. The summed E-state index contributed by atoms with van der Waals surface area (Å²) in [4.78, 5) is 25.7. The molecule has 0 aliphatic carbocycles. The number of ether oxygens (including phenoxy) is 1. The molecule has 1 aromatic rings. The van der Waals surface area contributed by atoms with Gasteiger partial charge in [0.2, 0.25) is 5.91 Å². The van der Waals surface area contributed by atoms with Gasteiger partial charge < -0.3 is 20.1 Å². The third-order valence-corrected chi connectivity index (χ3v) is 4.83. The van der Waals surface area contributed by atoms with E-state index in [-0.39, 0.29) is 37.4 Å². The highest BCUT2D eigenvalue weighted by Crippen LogP contribution is 2.23. The number of amides is 2. The van der Waals surface area contributed by atoms with Gasteiger partial charge in [-0.3, -0.25) is 9.59 Å². The molecule has 6 nitrogen and oxygen atoms in total. The summed E-state index contributed by atoms with van der Waals surface area (Å²) in [7, 11) is 0. The molecular weight excluding hydrogens is 304 g/mol. The maximum Gasteiger partial charge on any atom is 0.254 e. The van der Waals surface area contributed by atoms with Gasteiger partial charge in [-0.1, -0.05) is 0 Å². The molecule has 2 amide bonds. The monoisotopic (exact) mass is 324 g/mol. The second-order valence-corrected chi connectivity index (χ2v) is 6.81. The van der Waals surface area contributed by atoms with Gasteiger partial charge >= 0.3 is 0 Å². The lowest BCUT2D eigenvalue weighted by atomic mass is 9.92. The summed E-state index contributed by atoms with van der Waals surface area (Å²) >= 11 is 1.47. The van der Waals surface area contributed by atoms with Crippen molar-refractivity contribution < 1.29 is 19.4 Å². The van der Waals surface area contributed by atoms with Gasteiger partial charge in [0.25, 0.3) is 5.91 Å². The fourth-order valence-corrected chi connectivity index (χ4v) is 3.46. The van der Waals surface area contributed by atoms with Gasteiger partial charge in [0.05, 0.1) is 31.2 Å². The van der Waals surface area contributed by atoms with Crippen molar-refractivity contribution in [2.24, 2.45) is 5.92 Å². The van der Waals surface area contributed by atoms with Crippen LogP contribution >= 0.6 is 11.3 Å². The van der Waals surface area contributed by atoms with E-state index in [1.807, 2.05) is 5.38 Å². The molecule has 0 saturated carbocycles. The van der Waals surface area contributed by atoms with E-state index in [0.717, 1.165) is 12.8 Å². The molecule has 1 atom stereocenters. The van der Waals surface area contributed by atoms with Crippen LogP contribution in [0.5, 0.6) is 0 Å². The summed E-state index contributed by atoms with van der Waals surface area (Å²) < 4.78 is 5.29. The number of aliphatic hydroxyl groups is 1. The lowest BCUT2D eigenvalue weighted by molar-refractivity contribution is -0.132. The summed E-state index contributed by atoms with van der Waals surface area (Å²) in [6.07, 6.45) is 1.72. The van der Waals surface area contributed by atoms with Crippen molar-refractivity contribution in [2.45, 2.75) is 18.4 Å². The fourth-order valence-electron chi connectivity index (χ4n) is 2.83. The van der Waals surface area contributed by atoms with Crippen LogP contribution in [0.25, 0.3) is 0 Å². The van der Waals surface area contributed by atoms with E-state index >= 15 is 0 Å². The Balaban J connectivity index is 1.44. The van der Waals surface area contributed by atoms with E-state index in [4.69, 9.17) is 4.74 Å². The van der Waals surface area contributed by atoms with E-state index in [9.17, 15) is 14.7 Å². The van der Waals surface area contributed by atoms with Crippen molar-refractivity contribution in [3.8, 4) is 0 Å². The minimum absolute atomic E-state index is 0.0714. The van der Waals surface area contributed by atoms with Gasteiger partial charge in [-0.25, -0.2) is 0 Å². The predicted octanol–water partition coefficient (Wildman–Crippen LogP) is 0.478. The van der Waals surface area contributed by atoms with E-state index < -0.39 is 5.60 Å². The number of rotatable bonds is 4. The lowest BCUT2D eigenvalue weighted by Crippen LogP contribution is -2.67. The van der Waals surface area contributed by atoms with Gasteiger partial charge in [-0.05, 0) is 24.3 Å². The Morgan fingerprint density at radius 1 is 1.50 bits per heavy atom. The zero-order valence-corrected chi connectivity index (χ0v) is 13.1. The smallest absolute Gasteiger partial charge is 0.254 e. The van der Waals surface area contributed by atoms with Crippen LogP contribution in [0.1, 0.15) is 23.2 Å². The van der Waals surface area contributed by atoms with Crippen molar-refractivity contribution in [2.75, 3.05) is 32.8 Å². The first kappa shape index (κ1) is 15.5. The average Bonchev–Trinajstić information content (AvgIpc) is 3.04. The van der Waals surface area contributed by atoms with Crippen LogP contribution in [-0.2, 0) is 9.53 Å².